The van der Waals surface area contributed by atoms with Crippen LogP contribution in [-0.4, -0.2) is 35.4 Å². The van der Waals surface area contributed by atoms with Crippen LogP contribution in [0.2, 0.25) is 0 Å². The maximum atomic E-state index is 12.8. The van der Waals surface area contributed by atoms with Gasteiger partial charge in [0.25, 0.3) is 5.91 Å². The van der Waals surface area contributed by atoms with Crippen LogP contribution in [0.25, 0.3) is 0 Å². The first-order valence-corrected chi connectivity index (χ1v) is 11.5. The fourth-order valence-corrected chi connectivity index (χ4v) is 4.25. The number of hydrogen-bond donors (Lipinski definition) is 1. The Kier molecular flexibility index (Phi) is 6.30. The van der Waals surface area contributed by atoms with Gasteiger partial charge in [-0.25, -0.2) is 0 Å². The molecule has 2 amide bonds. The van der Waals surface area contributed by atoms with Crippen LogP contribution in [0.15, 0.2) is 42.5 Å². The van der Waals surface area contributed by atoms with E-state index in [1.54, 1.807) is 0 Å². The van der Waals surface area contributed by atoms with Gasteiger partial charge in [0.1, 0.15) is 5.75 Å². The molecule has 2 atom stereocenters. The van der Waals surface area contributed by atoms with E-state index in [2.05, 4.69) is 42.6 Å². The third-order valence-electron chi connectivity index (χ3n) is 6.23. The van der Waals surface area contributed by atoms with E-state index in [4.69, 9.17) is 4.74 Å². The highest BCUT2D eigenvalue weighted by atomic mass is 16.5. The molecule has 0 saturated heterocycles. The van der Waals surface area contributed by atoms with E-state index in [0.717, 1.165) is 30.4 Å². The molecular formula is C26H32N2O3. The quantitative estimate of drug-likeness (QED) is 0.726. The highest BCUT2D eigenvalue weighted by Crippen LogP contribution is 2.38. The topological polar surface area (TPSA) is 58.6 Å². The number of nitrogens with one attached hydrogen (secondary N) is 1. The van der Waals surface area contributed by atoms with Crippen LogP contribution in [0.1, 0.15) is 67.8 Å². The molecule has 0 radical (unpaired) electrons. The van der Waals surface area contributed by atoms with Gasteiger partial charge in [-0.3, -0.25) is 9.59 Å². The van der Waals surface area contributed by atoms with Gasteiger partial charge in [-0.15, -0.1) is 0 Å². The Morgan fingerprint density at radius 1 is 1.13 bits per heavy atom. The Morgan fingerprint density at radius 2 is 1.87 bits per heavy atom. The van der Waals surface area contributed by atoms with Crippen LogP contribution in [0.4, 0.5) is 0 Å². The minimum Gasteiger partial charge on any atom is -0.481 e. The summed E-state index contributed by atoms with van der Waals surface area (Å²) in [4.78, 5) is 27.3. The highest BCUT2D eigenvalue weighted by molar-refractivity contribution is 5.81. The van der Waals surface area contributed by atoms with Crippen molar-refractivity contribution in [1.82, 2.24) is 10.2 Å². The van der Waals surface area contributed by atoms with Crippen LogP contribution in [0.3, 0.4) is 0 Å². The number of hydrogen-bond acceptors (Lipinski definition) is 3. The number of carbonyl (C=O) groups is 2. The fourth-order valence-electron chi connectivity index (χ4n) is 4.25. The Bertz CT molecular complexity index is 950. The van der Waals surface area contributed by atoms with Crippen molar-refractivity contribution in [2.24, 2.45) is 0 Å². The molecule has 1 aliphatic carbocycles. The van der Waals surface area contributed by atoms with Crippen LogP contribution in [0.5, 0.6) is 5.75 Å². The van der Waals surface area contributed by atoms with Gasteiger partial charge in [0.05, 0.1) is 6.04 Å². The van der Waals surface area contributed by atoms with E-state index in [1.165, 1.54) is 11.1 Å². The Morgan fingerprint density at radius 3 is 2.52 bits per heavy atom. The lowest BCUT2D eigenvalue weighted by atomic mass is 9.87. The van der Waals surface area contributed by atoms with Crippen molar-refractivity contribution >= 4 is 11.8 Å². The van der Waals surface area contributed by atoms with Gasteiger partial charge < -0.3 is 15.0 Å². The molecule has 5 heteroatoms. The minimum absolute atomic E-state index is 0.0411. The monoisotopic (exact) mass is 420 g/mol. The third kappa shape index (κ3) is 4.76. The van der Waals surface area contributed by atoms with Gasteiger partial charge in [-0.1, -0.05) is 49.7 Å². The van der Waals surface area contributed by atoms with E-state index in [0.29, 0.717) is 31.2 Å². The van der Waals surface area contributed by atoms with Gasteiger partial charge in [-0.05, 0) is 61.4 Å². The first kappa shape index (κ1) is 21.4. The van der Waals surface area contributed by atoms with Gasteiger partial charge in [-0.2, -0.15) is 0 Å². The molecule has 1 fully saturated rings. The lowest BCUT2D eigenvalue weighted by Gasteiger charge is -2.38. The summed E-state index contributed by atoms with van der Waals surface area (Å²) in [5.74, 6) is 0.790. The molecule has 1 heterocycles. The summed E-state index contributed by atoms with van der Waals surface area (Å²) in [6.45, 7) is 6.65. The third-order valence-corrected chi connectivity index (χ3v) is 6.23. The number of aryl methyl sites for hydroxylation is 1. The summed E-state index contributed by atoms with van der Waals surface area (Å²) in [5, 5.41) is 3.04. The van der Waals surface area contributed by atoms with Crippen molar-refractivity contribution < 1.29 is 14.3 Å². The van der Waals surface area contributed by atoms with Crippen molar-refractivity contribution in [3.63, 3.8) is 0 Å². The van der Waals surface area contributed by atoms with Gasteiger partial charge in [0.2, 0.25) is 5.91 Å². The van der Waals surface area contributed by atoms with Gasteiger partial charge in [0, 0.05) is 19.0 Å². The zero-order chi connectivity index (χ0) is 22.0. The average molecular weight is 421 g/mol. The number of benzene rings is 2. The molecule has 0 spiro atoms. The maximum Gasteiger partial charge on any atom is 0.261 e. The number of ether oxygens (including phenoxy) is 1. The lowest BCUT2D eigenvalue weighted by molar-refractivity contribution is -0.133. The largest absolute Gasteiger partial charge is 0.481 e. The molecule has 31 heavy (non-hydrogen) atoms. The number of carbonyl (C=O) groups excluding carboxylic acids is 2. The van der Waals surface area contributed by atoms with Crippen molar-refractivity contribution in [3.8, 4) is 5.75 Å². The van der Waals surface area contributed by atoms with Crippen LogP contribution in [-0.2, 0) is 16.0 Å². The molecule has 1 N–H and O–H groups in total. The molecule has 0 aromatic heterocycles. The molecule has 164 valence electrons. The zero-order valence-corrected chi connectivity index (χ0v) is 18.7. The molecule has 1 aliphatic heterocycles. The summed E-state index contributed by atoms with van der Waals surface area (Å²) < 4.78 is 6.13. The normalized spacial score (nSPS) is 18.8. The van der Waals surface area contributed by atoms with E-state index in [-0.39, 0.29) is 17.9 Å². The Balaban J connectivity index is 1.65. The smallest absolute Gasteiger partial charge is 0.261 e. The molecule has 0 bridgehead atoms. The number of nitrogens with zero attached hydrogens (tertiary/aromatic N) is 1. The molecule has 4 rings (SSSR count). The van der Waals surface area contributed by atoms with E-state index in [9.17, 15) is 9.59 Å². The van der Waals surface area contributed by atoms with Crippen molar-refractivity contribution in [3.05, 3.63) is 64.7 Å². The molecule has 2 aromatic carbocycles. The Hall–Kier alpha value is -2.82. The average Bonchev–Trinajstić information content (AvgIpc) is 3.60. The number of rotatable bonds is 7. The number of fused-ring (bicyclic) bond motifs is 1. The molecular weight excluding hydrogens is 388 g/mol. The molecule has 0 unspecified atom stereocenters. The lowest BCUT2D eigenvalue weighted by Crippen LogP contribution is -2.40. The standard InChI is InChI=1S/C26H32N2O3/c1-4-23(26(30)27-20-11-12-20)31-21-13-10-18-14-15-28(24(29)5-2)25(22(18)16-21)19-8-6-17(3)7-9-19/h6-10,13,16,20,23,25H,4-5,11-12,14-15H2,1-3H3,(H,27,30)/t23-,25+/m1/s1. The summed E-state index contributed by atoms with van der Waals surface area (Å²) in [6, 6.07) is 14.6. The van der Waals surface area contributed by atoms with E-state index in [1.807, 2.05) is 30.9 Å². The summed E-state index contributed by atoms with van der Waals surface area (Å²) in [5.41, 5.74) is 4.61. The first-order chi connectivity index (χ1) is 15.0. The molecule has 2 aromatic rings. The van der Waals surface area contributed by atoms with Crippen LogP contribution >= 0.6 is 0 Å². The molecule has 2 aliphatic rings. The zero-order valence-electron chi connectivity index (χ0n) is 18.7. The van der Waals surface area contributed by atoms with E-state index >= 15 is 0 Å². The summed E-state index contributed by atoms with van der Waals surface area (Å²) in [7, 11) is 0. The second kappa shape index (κ2) is 9.13. The van der Waals surface area contributed by atoms with Gasteiger partial charge >= 0.3 is 0 Å². The summed E-state index contributed by atoms with van der Waals surface area (Å²) in [6.07, 6.45) is 3.52. The second-order valence-corrected chi connectivity index (χ2v) is 8.66. The minimum atomic E-state index is -0.506. The predicted octanol–water partition coefficient (Wildman–Crippen LogP) is 4.32. The highest BCUT2D eigenvalue weighted by Gasteiger charge is 2.32. The molecule has 1 saturated carbocycles. The first-order valence-electron chi connectivity index (χ1n) is 11.5. The Labute approximate surface area is 184 Å². The van der Waals surface area contributed by atoms with Gasteiger partial charge in [0.15, 0.2) is 6.10 Å². The fraction of sp³-hybridized carbons (Fsp3) is 0.462. The number of amides is 2. The van der Waals surface area contributed by atoms with E-state index < -0.39 is 6.10 Å². The molecule has 5 nitrogen and oxygen atoms in total. The van der Waals surface area contributed by atoms with Crippen molar-refractivity contribution in [2.45, 2.75) is 71.1 Å². The summed E-state index contributed by atoms with van der Waals surface area (Å²) >= 11 is 0. The SMILES string of the molecule is CCC(=O)N1CCc2ccc(O[C@H](CC)C(=O)NC3CC3)cc2[C@@H]1c1ccc(C)cc1. The van der Waals surface area contributed by atoms with Crippen molar-refractivity contribution in [1.29, 1.82) is 0 Å². The van der Waals surface area contributed by atoms with Crippen LogP contribution < -0.4 is 10.1 Å². The predicted molar refractivity (Wildman–Crippen MR) is 121 cm³/mol. The van der Waals surface area contributed by atoms with Crippen LogP contribution in [0, 0.1) is 6.92 Å². The second-order valence-electron chi connectivity index (χ2n) is 8.66. The maximum absolute atomic E-state index is 12.8. The van der Waals surface area contributed by atoms with Crippen molar-refractivity contribution in [2.75, 3.05) is 6.54 Å².